The minimum atomic E-state index is -0.391. The van der Waals surface area contributed by atoms with E-state index in [0.717, 1.165) is 6.54 Å². The van der Waals surface area contributed by atoms with Crippen LogP contribution in [0.2, 0.25) is 0 Å². The van der Waals surface area contributed by atoms with Gasteiger partial charge in [0.25, 0.3) is 0 Å². The molecule has 0 bridgehead atoms. The van der Waals surface area contributed by atoms with Crippen molar-refractivity contribution in [3.63, 3.8) is 0 Å². The second-order valence-corrected chi connectivity index (χ2v) is 7.01. The topological polar surface area (TPSA) is 30.7 Å². The van der Waals surface area contributed by atoms with E-state index in [2.05, 4.69) is 22.6 Å². The van der Waals surface area contributed by atoms with E-state index in [9.17, 15) is 4.79 Å². The first-order chi connectivity index (χ1) is 6.50. The molecule has 0 aliphatic carbocycles. The molecule has 0 amide bonds. The van der Waals surface area contributed by atoms with Gasteiger partial charge in [-0.2, -0.15) is 0 Å². The molecule has 14 heavy (non-hydrogen) atoms. The van der Waals surface area contributed by atoms with Crippen molar-refractivity contribution < 1.29 is 14.4 Å². The first-order valence-electron chi connectivity index (χ1n) is 5.20. The molecule has 1 aliphatic rings. The van der Waals surface area contributed by atoms with Crippen LogP contribution in [0.25, 0.3) is 0 Å². The summed E-state index contributed by atoms with van der Waals surface area (Å²) in [5, 5.41) is 0. The van der Waals surface area contributed by atoms with Crippen LogP contribution in [0.5, 0.6) is 0 Å². The number of nitrogens with one attached hydrogen (secondary N) is 1. The SMILES string of the molecule is CC(C)(I)C(=O)OCC[NH+]1CCCC1. The molecular formula is C10H19INO2+. The number of quaternary nitrogens is 1. The molecule has 0 radical (unpaired) electrons. The summed E-state index contributed by atoms with van der Waals surface area (Å²) >= 11 is 2.11. The number of hydrogen-bond acceptors (Lipinski definition) is 2. The van der Waals surface area contributed by atoms with E-state index in [-0.39, 0.29) is 5.97 Å². The maximum atomic E-state index is 11.4. The van der Waals surface area contributed by atoms with E-state index in [1.165, 1.54) is 25.9 Å². The average molecular weight is 312 g/mol. The zero-order valence-corrected chi connectivity index (χ0v) is 11.1. The van der Waals surface area contributed by atoms with Crippen LogP contribution in [0.15, 0.2) is 0 Å². The molecule has 0 aromatic heterocycles. The second kappa shape index (κ2) is 5.30. The van der Waals surface area contributed by atoms with E-state index < -0.39 is 3.42 Å². The van der Waals surface area contributed by atoms with E-state index in [0.29, 0.717) is 6.61 Å². The predicted molar refractivity (Wildman–Crippen MR) is 63.9 cm³/mol. The average Bonchev–Trinajstić information content (AvgIpc) is 2.55. The summed E-state index contributed by atoms with van der Waals surface area (Å²) in [7, 11) is 0. The Morgan fingerprint density at radius 2 is 2.00 bits per heavy atom. The number of hydrogen-bond donors (Lipinski definition) is 1. The normalized spacial score (nSPS) is 18.5. The van der Waals surface area contributed by atoms with E-state index in [1.807, 2.05) is 13.8 Å². The van der Waals surface area contributed by atoms with E-state index in [1.54, 1.807) is 4.90 Å². The predicted octanol–water partition coefficient (Wildman–Crippen LogP) is 0.422. The number of ether oxygens (including phenoxy) is 1. The van der Waals surface area contributed by atoms with Crippen LogP contribution in [0.1, 0.15) is 26.7 Å². The summed E-state index contributed by atoms with van der Waals surface area (Å²) in [6, 6.07) is 0. The molecule has 1 rings (SSSR count). The van der Waals surface area contributed by atoms with Crippen molar-refractivity contribution in [3.8, 4) is 0 Å². The third-order valence-corrected chi connectivity index (χ3v) is 2.93. The minimum absolute atomic E-state index is 0.100. The van der Waals surface area contributed by atoms with Crippen LogP contribution < -0.4 is 4.90 Å². The lowest BCUT2D eigenvalue weighted by Gasteiger charge is -2.16. The lowest BCUT2D eigenvalue weighted by atomic mass is 10.2. The highest BCUT2D eigenvalue weighted by atomic mass is 127. The number of carbonyl (C=O) groups is 1. The van der Waals surface area contributed by atoms with Gasteiger partial charge in [0.2, 0.25) is 0 Å². The molecule has 1 N–H and O–H groups in total. The van der Waals surface area contributed by atoms with Gasteiger partial charge in [0, 0.05) is 12.8 Å². The van der Waals surface area contributed by atoms with Crippen molar-refractivity contribution in [1.82, 2.24) is 0 Å². The fourth-order valence-electron chi connectivity index (χ4n) is 1.58. The Kier molecular flexibility index (Phi) is 4.63. The Hall–Kier alpha value is 0.160. The molecule has 0 spiro atoms. The fourth-order valence-corrected chi connectivity index (χ4v) is 1.74. The molecule has 0 aromatic rings. The minimum Gasteiger partial charge on any atom is -0.459 e. The van der Waals surface area contributed by atoms with Gasteiger partial charge in [0.05, 0.1) is 13.1 Å². The maximum Gasteiger partial charge on any atom is 0.321 e. The third-order valence-electron chi connectivity index (χ3n) is 2.48. The molecule has 0 aromatic carbocycles. The molecule has 1 heterocycles. The van der Waals surface area contributed by atoms with Crippen molar-refractivity contribution in [2.45, 2.75) is 30.1 Å². The van der Waals surface area contributed by atoms with Crippen molar-refractivity contribution in [2.24, 2.45) is 0 Å². The number of esters is 1. The standard InChI is InChI=1S/C10H18INO2/c1-10(2,11)9(13)14-8-7-12-5-3-4-6-12/h3-8H2,1-2H3/p+1. The number of rotatable bonds is 4. The summed E-state index contributed by atoms with van der Waals surface area (Å²) in [4.78, 5) is 13.0. The van der Waals surface area contributed by atoms with Gasteiger partial charge < -0.3 is 9.64 Å². The Morgan fingerprint density at radius 3 is 2.50 bits per heavy atom. The lowest BCUT2D eigenvalue weighted by Crippen LogP contribution is -3.10. The number of likely N-dealkylation sites (tertiary alicyclic amines) is 1. The van der Waals surface area contributed by atoms with E-state index in [4.69, 9.17) is 4.74 Å². The quantitative estimate of drug-likeness (QED) is 0.463. The van der Waals surface area contributed by atoms with Crippen LogP contribution in [-0.4, -0.2) is 35.6 Å². The van der Waals surface area contributed by atoms with Crippen molar-refractivity contribution >= 4 is 28.6 Å². The molecule has 1 aliphatic heterocycles. The maximum absolute atomic E-state index is 11.4. The monoisotopic (exact) mass is 312 g/mol. The Morgan fingerprint density at radius 1 is 1.43 bits per heavy atom. The van der Waals surface area contributed by atoms with Gasteiger partial charge in [-0.3, -0.25) is 4.79 Å². The summed E-state index contributed by atoms with van der Waals surface area (Å²) in [5.74, 6) is -0.100. The Labute approximate surface area is 99.3 Å². The summed E-state index contributed by atoms with van der Waals surface area (Å²) in [6.45, 7) is 7.77. The highest BCUT2D eigenvalue weighted by Gasteiger charge is 2.25. The van der Waals surface area contributed by atoms with Gasteiger partial charge >= 0.3 is 5.97 Å². The first-order valence-corrected chi connectivity index (χ1v) is 6.28. The third kappa shape index (κ3) is 4.13. The van der Waals surface area contributed by atoms with Crippen LogP contribution in [-0.2, 0) is 9.53 Å². The number of carbonyl (C=O) groups excluding carboxylic acids is 1. The first kappa shape index (κ1) is 12.2. The summed E-state index contributed by atoms with van der Waals surface area (Å²) in [6.07, 6.45) is 2.64. The molecule has 0 unspecified atom stereocenters. The highest BCUT2D eigenvalue weighted by molar-refractivity contribution is 14.1. The molecule has 82 valence electrons. The van der Waals surface area contributed by atoms with Crippen LogP contribution >= 0.6 is 22.6 Å². The van der Waals surface area contributed by atoms with Gasteiger partial charge in [-0.25, -0.2) is 0 Å². The van der Waals surface area contributed by atoms with Gasteiger partial charge in [-0.1, -0.05) is 22.6 Å². The zero-order chi connectivity index (χ0) is 10.6. The fraction of sp³-hybridized carbons (Fsp3) is 0.900. The van der Waals surface area contributed by atoms with Crippen LogP contribution in [0.4, 0.5) is 0 Å². The van der Waals surface area contributed by atoms with E-state index >= 15 is 0 Å². The lowest BCUT2D eigenvalue weighted by molar-refractivity contribution is -0.887. The Balaban J connectivity index is 2.11. The molecule has 3 nitrogen and oxygen atoms in total. The smallest absolute Gasteiger partial charge is 0.321 e. The molecule has 1 saturated heterocycles. The molecule has 4 heteroatoms. The van der Waals surface area contributed by atoms with Crippen molar-refractivity contribution in [2.75, 3.05) is 26.2 Å². The summed E-state index contributed by atoms with van der Waals surface area (Å²) in [5.41, 5.74) is 0. The Bertz CT molecular complexity index is 195. The van der Waals surface area contributed by atoms with Crippen LogP contribution in [0.3, 0.4) is 0 Å². The zero-order valence-electron chi connectivity index (χ0n) is 8.94. The molecular weight excluding hydrogens is 293 g/mol. The number of alkyl halides is 1. The largest absolute Gasteiger partial charge is 0.459 e. The number of halogens is 1. The van der Waals surface area contributed by atoms with Gasteiger partial charge in [0.1, 0.15) is 16.6 Å². The van der Waals surface area contributed by atoms with Gasteiger partial charge in [0.15, 0.2) is 0 Å². The van der Waals surface area contributed by atoms with Crippen molar-refractivity contribution in [1.29, 1.82) is 0 Å². The molecule has 1 fully saturated rings. The molecule has 0 saturated carbocycles. The molecule has 0 atom stereocenters. The summed E-state index contributed by atoms with van der Waals surface area (Å²) < 4.78 is 4.81. The van der Waals surface area contributed by atoms with Crippen molar-refractivity contribution in [3.05, 3.63) is 0 Å². The highest BCUT2D eigenvalue weighted by Crippen LogP contribution is 2.17. The van der Waals surface area contributed by atoms with Gasteiger partial charge in [-0.05, 0) is 13.8 Å². The van der Waals surface area contributed by atoms with Crippen LogP contribution in [0, 0.1) is 0 Å². The second-order valence-electron chi connectivity index (χ2n) is 4.32. The van der Waals surface area contributed by atoms with Gasteiger partial charge in [-0.15, -0.1) is 0 Å².